The van der Waals surface area contributed by atoms with Gasteiger partial charge in [0.05, 0.1) is 17.8 Å². The molecular formula is C19H22FN3O3. The topological polar surface area (TPSA) is 64.6 Å². The number of amides is 1. The summed E-state index contributed by atoms with van der Waals surface area (Å²) in [5.74, 6) is 0.151. The molecule has 0 saturated carbocycles. The lowest BCUT2D eigenvalue weighted by Gasteiger charge is -2.41. The van der Waals surface area contributed by atoms with Gasteiger partial charge in [-0.25, -0.2) is 14.4 Å². The number of carbonyl (C=O) groups is 1. The molecule has 1 aliphatic rings. The zero-order valence-corrected chi connectivity index (χ0v) is 14.9. The monoisotopic (exact) mass is 359 g/mol. The third-order valence-corrected chi connectivity index (χ3v) is 4.72. The van der Waals surface area contributed by atoms with Crippen LogP contribution >= 0.6 is 0 Å². The quantitative estimate of drug-likeness (QED) is 0.821. The Morgan fingerprint density at radius 2 is 2.12 bits per heavy atom. The smallest absolute Gasteiger partial charge is 0.257 e. The molecule has 1 aromatic heterocycles. The zero-order chi connectivity index (χ0) is 18.6. The van der Waals surface area contributed by atoms with E-state index in [1.165, 1.54) is 18.5 Å². The SMILES string of the molecule is CO[C@@]1(COc2ccc(F)cc2)CCCN(C(=O)c2cncnc2C)C1. The van der Waals surface area contributed by atoms with Crippen molar-refractivity contribution in [3.8, 4) is 5.75 Å². The molecule has 2 heterocycles. The first-order valence-electron chi connectivity index (χ1n) is 8.52. The largest absolute Gasteiger partial charge is 0.491 e. The fourth-order valence-corrected chi connectivity index (χ4v) is 3.13. The highest BCUT2D eigenvalue weighted by atomic mass is 19.1. The summed E-state index contributed by atoms with van der Waals surface area (Å²) < 4.78 is 24.6. The predicted octanol–water partition coefficient (Wildman–Crippen LogP) is 2.62. The van der Waals surface area contributed by atoms with Gasteiger partial charge in [0.15, 0.2) is 0 Å². The van der Waals surface area contributed by atoms with E-state index in [1.54, 1.807) is 37.3 Å². The molecule has 3 rings (SSSR count). The fourth-order valence-electron chi connectivity index (χ4n) is 3.13. The highest BCUT2D eigenvalue weighted by molar-refractivity contribution is 5.95. The first-order valence-corrected chi connectivity index (χ1v) is 8.52. The highest BCUT2D eigenvalue weighted by Crippen LogP contribution is 2.27. The summed E-state index contributed by atoms with van der Waals surface area (Å²) in [6.45, 7) is 3.13. The molecule has 0 aliphatic carbocycles. The molecular weight excluding hydrogens is 337 g/mol. The molecule has 138 valence electrons. The van der Waals surface area contributed by atoms with E-state index < -0.39 is 5.60 Å². The van der Waals surface area contributed by atoms with Crippen molar-refractivity contribution in [2.45, 2.75) is 25.4 Å². The summed E-state index contributed by atoms with van der Waals surface area (Å²) in [7, 11) is 1.62. The van der Waals surface area contributed by atoms with Crippen LogP contribution in [0, 0.1) is 12.7 Å². The van der Waals surface area contributed by atoms with Gasteiger partial charge in [-0.3, -0.25) is 4.79 Å². The number of hydrogen-bond acceptors (Lipinski definition) is 5. The molecule has 1 saturated heterocycles. The second-order valence-electron chi connectivity index (χ2n) is 6.48. The molecule has 1 atom stereocenters. The van der Waals surface area contributed by atoms with Crippen molar-refractivity contribution in [3.05, 3.63) is 53.9 Å². The first-order chi connectivity index (χ1) is 12.5. The van der Waals surface area contributed by atoms with E-state index in [0.717, 1.165) is 12.8 Å². The Morgan fingerprint density at radius 1 is 1.35 bits per heavy atom. The highest BCUT2D eigenvalue weighted by Gasteiger charge is 2.38. The van der Waals surface area contributed by atoms with Crippen LogP contribution in [0.25, 0.3) is 0 Å². The van der Waals surface area contributed by atoms with Crippen molar-refractivity contribution >= 4 is 5.91 Å². The molecule has 2 aromatic rings. The number of piperidine rings is 1. The van der Waals surface area contributed by atoms with Gasteiger partial charge in [-0.1, -0.05) is 0 Å². The van der Waals surface area contributed by atoms with Gasteiger partial charge < -0.3 is 14.4 Å². The maximum atomic E-state index is 13.0. The number of benzene rings is 1. The van der Waals surface area contributed by atoms with Crippen LogP contribution in [0.2, 0.25) is 0 Å². The van der Waals surface area contributed by atoms with Crippen molar-refractivity contribution in [2.75, 3.05) is 26.8 Å². The minimum Gasteiger partial charge on any atom is -0.491 e. The third kappa shape index (κ3) is 3.99. The summed E-state index contributed by atoms with van der Waals surface area (Å²) >= 11 is 0. The molecule has 1 aliphatic heterocycles. The normalized spacial score (nSPS) is 20.0. The maximum Gasteiger partial charge on any atom is 0.257 e. The van der Waals surface area contributed by atoms with Crippen LogP contribution in [0.4, 0.5) is 4.39 Å². The van der Waals surface area contributed by atoms with Gasteiger partial charge in [0, 0.05) is 19.9 Å². The lowest BCUT2D eigenvalue weighted by molar-refractivity contribution is -0.0825. The summed E-state index contributed by atoms with van der Waals surface area (Å²) in [6, 6.07) is 5.86. The van der Waals surface area contributed by atoms with Gasteiger partial charge in [-0.15, -0.1) is 0 Å². The van der Waals surface area contributed by atoms with Crippen molar-refractivity contribution < 1.29 is 18.7 Å². The van der Waals surface area contributed by atoms with Crippen LogP contribution in [0.5, 0.6) is 5.75 Å². The summed E-state index contributed by atoms with van der Waals surface area (Å²) in [5.41, 5.74) is 0.547. The summed E-state index contributed by atoms with van der Waals surface area (Å²) in [5, 5.41) is 0. The summed E-state index contributed by atoms with van der Waals surface area (Å²) in [6.07, 6.45) is 4.55. The van der Waals surface area contributed by atoms with Crippen molar-refractivity contribution in [3.63, 3.8) is 0 Å². The molecule has 0 radical (unpaired) electrons. The average Bonchev–Trinajstić information content (AvgIpc) is 2.67. The lowest BCUT2D eigenvalue weighted by atomic mass is 9.92. The minimum atomic E-state index is -0.605. The standard InChI is InChI=1S/C19H22FN3O3/c1-14-17(10-21-13-22-14)18(24)23-9-3-8-19(11-23,25-2)12-26-16-6-4-15(20)5-7-16/h4-7,10,13H,3,8-9,11-12H2,1-2H3/t19-/m0/s1. The van der Waals surface area contributed by atoms with Crippen LogP contribution < -0.4 is 4.74 Å². The van der Waals surface area contributed by atoms with E-state index in [4.69, 9.17) is 9.47 Å². The van der Waals surface area contributed by atoms with Gasteiger partial charge in [0.2, 0.25) is 0 Å². The first kappa shape index (κ1) is 18.3. The Labute approximate surface area is 152 Å². The molecule has 0 bridgehead atoms. The number of halogens is 1. The number of rotatable bonds is 5. The van der Waals surface area contributed by atoms with Crippen LogP contribution in [0.15, 0.2) is 36.8 Å². The van der Waals surface area contributed by atoms with E-state index >= 15 is 0 Å². The van der Waals surface area contributed by atoms with Crippen LogP contribution in [-0.4, -0.2) is 53.2 Å². The Morgan fingerprint density at radius 3 is 2.81 bits per heavy atom. The van der Waals surface area contributed by atoms with Crippen molar-refractivity contribution in [2.24, 2.45) is 0 Å². The number of aryl methyl sites for hydroxylation is 1. The van der Waals surface area contributed by atoms with Gasteiger partial charge >= 0.3 is 0 Å². The van der Waals surface area contributed by atoms with E-state index in [9.17, 15) is 9.18 Å². The van der Waals surface area contributed by atoms with E-state index in [-0.39, 0.29) is 18.3 Å². The molecule has 0 unspecified atom stereocenters. The van der Waals surface area contributed by atoms with Gasteiger partial charge in [0.1, 0.15) is 30.1 Å². The Bertz CT molecular complexity index is 769. The molecule has 1 aromatic carbocycles. The van der Waals surface area contributed by atoms with Crippen LogP contribution in [-0.2, 0) is 4.74 Å². The fraction of sp³-hybridized carbons (Fsp3) is 0.421. The van der Waals surface area contributed by atoms with Crippen LogP contribution in [0.1, 0.15) is 28.9 Å². The molecule has 0 spiro atoms. The van der Waals surface area contributed by atoms with Crippen molar-refractivity contribution in [1.29, 1.82) is 0 Å². The molecule has 0 N–H and O–H groups in total. The number of likely N-dealkylation sites (tertiary alicyclic amines) is 1. The molecule has 1 fully saturated rings. The molecule has 6 nitrogen and oxygen atoms in total. The lowest BCUT2D eigenvalue weighted by Crippen LogP contribution is -2.54. The number of methoxy groups -OCH3 is 1. The van der Waals surface area contributed by atoms with Gasteiger partial charge in [-0.2, -0.15) is 0 Å². The maximum absolute atomic E-state index is 13.0. The number of aromatic nitrogens is 2. The minimum absolute atomic E-state index is 0.106. The van der Waals surface area contributed by atoms with Gasteiger partial charge in [0.25, 0.3) is 5.91 Å². The summed E-state index contributed by atoms with van der Waals surface area (Å²) in [4.78, 5) is 22.6. The Kier molecular flexibility index (Phi) is 5.46. The van der Waals surface area contributed by atoms with E-state index in [1.807, 2.05) is 0 Å². The Balaban J connectivity index is 1.71. The molecule has 7 heteroatoms. The second kappa shape index (κ2) is 7.78. The van der Waals surface area contributed by atoms with Gasteiger partial charge in [-0.05, 0) is 44.0 Å². The predicted molar refractivity (Wildman–Crippen MR) is 93.5 cm³/mol. The Hall–Kier alpha value is -2.54. The number of nitrogens with zero attached hydrogens (tertiary/aromatic N) is 3. The van der Waals surface area contributed by atoms with Crippen molar-refractivity contribution in [1.82, 2.24) is 14.9 Å². The number of hydrogen-bond donors (Lipinski definition) is 0. The number of carbonyl (C=O) groups excluding carboxylic acids is 1. The van der Waals surface area contributed by atoms with Crippen LogP contribution in [0.3, 0.4) is 0 Å². The molecule has 1 amide bonds. The van der Waals surface area contributed by atoms with E-state index in [2.05, 4.69) is 9.97 Å². The third-order valence-electron chi connectivity index (χ3n) is 4.72. The van der Waals surface area contributed by atoms with E-state index in [0.29, 0.717) is 30.1 Å². The average molecular weight is 359 g/mol. The second-order valence-corrected chi connectivity index (χ2v) is 6.48. The number of ether oxygens (including phenoxy) is 2. The zero-order valence-electron chi connectivity index (χ0n) is 14.9. The molecule has 26 heavy (non-hydrogen) atoms.